The first-order valence-electron chi connectivity index (χ1n) is 4.91. The van der Waals surface area contributed by atoms with Crippen LogP contribution in [-0.4, -0.2) is 37.6 Å². The number of hydrogen-bond donors (Lipinski definition) is 2. The highest BCUT2D eigenvalue weighted by Gasteiger charge is 2.13. The minimum Gasteiger partial charge on any atom is -0.351 e. The molecule has 76 valence electrons. The maximum absolute atomic E-state index is 10.7. The maximum Gasteiger partial charge on any atom is 0.314 e. The van der Waals surface area contributed by atoms with Crippen LogP contribution in [0.5, 0.6) is 0 Å². The Hall–Kier alpha value is -0.770. The maximum atomic E-state index is 10.7. The predicted octanol–water partition coefficient (Wildman–Crippen LogP) is 0.387. The number of urea groups is 1. The van der Waals surface area contributed by atoms with Crippen LogP contribution >= 0.6 is 0 Å². The Balaban J connectivity index is 2.13. The number of carbonyl (C=O) groups excluding carboxylic acids is 1. The van der Waals surface area contributed by atoms with Crippen LogP contribution in [0.2, 0.25) is 0 Å². The van der Waals surface area contributed by atoms with Gasteiger partial charge in [0.25, 0.3) is 0 Å². The highest BCUT2D eigenvalue weighted by Crippen LogP contribution is 2.13. The lowest BCUT2D eigenvalue weighted by atomic mass is 9.96. The van der Waals surface area contributed by atoms with Crippen molar-refractivity contribution in [3.63, 3.8) is 0 Å². The fraction of sp³-hybridized carbons (Fsp3) is 0.889. The molecule has 1 fully saturated rings. The van der Waals surface area contributed by atoms with Gasteiger partial charge in [-0.1, -0.05) is 0 Å². The van der Waals surface area contributed by atoms with Gasteiger partial charge in [0, 0.05) is 13.6 Å². The van der Waals surface area contributed by atoms with Gasteiger partial charge < -0.3 is 16.0 Å². The molecule has 0 aromatic carbocycles. The van der Waals surface area contributed by atoms with Gasteiger partial charge in [0.2, 0.25) is 0 Å². The van der Waals surface area contributed by atoms with E-state index >= 15 is 0 Å². The van der Waals surface area contributed by atoms with E-state index in [1.807, 2.05) is 0 Å². The van der Waals surface area contributed by atoms with E-state index in [1.54, 1.807) is 11.9 Å². The van der Waals surface area contributed by atoms with Crippen molar-refractivity contribution in [1.82, 2.24) is 10.2 Å². The Morgan fingerprint density at radius 1 is 1.69 bits per heavy atom. The van der Waals surface area contributed by atoms with Crippen molar-refractivity contribution >= 4 is 6.03 Å². The third kappa shape index (κ3) is 3.63. The Morgan fingerprint density at radius 3 is 3.00 bits per heavy atom. The third-order valence-corrected chi connectivity index (χ3v) is 2.65. The Kier molecular flexibility index (Phi) is 4.02. The first kappa shape index (κ1) is 10.3. The van der Waals surface area contributed by atoms with Crippen LogP contribution in [-0.2, 0) is 0 Å². The van der Waals surface area contributed by atoms with Crippen molar-refractivity contribution in [2.75, 3.05) is 26.7 Å². The van der Waals surface area contributed by atoms with Crippen molar-refractivity contribution in [3.8, 4) is 0 Å². The lowest BCUT2D eigenvalue weighted by Gasteiger charge is -2.24. The molecular weight excluding hydrogens is 166 g/mol. The zero-order valence-electron chi connectivity index (χ0n) is 8.25. The summed E-state index contributed by atoms with van der Waals surface area (Å²) in [5.41, 5.74) is 5.12. The molecule has 1 atom stereocenters. The average molecular weight is 185 g/mol. The fourth-order valence-electron chi connectivity index (χ4n) is 1.66. The molecule has 0 aliphatic carbocycles. The van der Waals surface area contributed by atoms with E-state index in [0.29, 0.717) is 0 Å². The second-order valence-corrected chi connectivity index (χ2v) is 3.76. The third-order valence-electron chi connectivity index (χ3n) is 2.65. The van der Waals surface area contributed by atoms with Crippen LogP contribution in [0.25, 0.3) is 0 Å². The number of primary amides is 1. The zero-order chi connectivity index (χ0) is 9.68. The summed E-state index contributed by atoms with van der Waals surface area (Å²) >= 11 is 0. The fourth-order valence-corrected chi connectivity index (χ4v) is 1.66. The zero-order valence-corrected chi connectivity index (χ0v) is 8.25. The molecule has 1 aliphatic rings. The number of nitrogens with two attached hydrogens (primary N) is 1. The van der Waals surface area contributed by atoms with Gasteiger partial charge in [0.05, 0.1) is 0 Å². The van der Waals surface area contributed by atoms with E-state index in [-0.39, 0.29) is 6.03 Å². The summed E-state index contributed by atoms with van der Waals surface area (Å²) in [4.78, 5) is 12.3. The molecule has 2 amide bonds. The van der Waals surface area contributed by atoms with Gasteiger partial charge in [-0.3, -0.25) is 0 Å². The minimum atomic E-state index is -0.330. The summed E-state index contributed by atoms with van der Waals surface area (Å²) in [5, 5.41) is 3.35. The molecule has 1 rings (SSSR count). The molecule has 0 aromatic rings. The van der Waals surface area contributed by atoms with Crippen molar-refractivity contribution in [3.05, 3.63) is 0 Å². The number of nitrogens with one attached hydrogen (secondary N) is 1. The monoisotopic (exact) mass is 185 g/mol. The van der Waals surface area contributed by atoms with Crippen LogP contribution < -0.4 is 11.1 Å². The minimum absolute atomic E-state index is 0.330. The number of carbonyl (C=O) groups is 1. The summed E-state index contributed by atoms with van der Waals surface area (Å²) in [5.74, 6) is 0.718. The largest absolute Gasteiger partial charge is 0.351 e. The summed E-state index contributed by atoms with van der Waals surface area (Å²) in [6.07, 6.45) is 3.59. The van der Waals surface area contributed by atoms with Gasteiger partial charge in [0.15, 0.2) is 0 Å². The first-order valence-corrected chi connectivity index (χ1v) is 4.91. The molecule has 4 heteroatoms. The van der Waals surface area contributed by atoms with Crippen molar-refractivity contribution in [2.45, 2.75) is 19.3 Å². The van der Waals surface area contributed by atoms with E-state index in [4.69, 9.17) is 5.73 Å². The molecule has 1 heterocycles. The summed E-state index contributed by atoms with van der Waals surface area (Å²) in [7, 11) is 1.75. The number of nitrogens with zero attached hydrogens (tertiary/aromatic N) is 1. The molecule has 1 unspecified atom stereocenters. The first-order chi connectivity index (χ1) is 6.20. The number of hydrogen-bond acceptors (Lipinski definition) is 2. The molecule has 0 bridgehead atoms. The van der Waals surface area contributed by atoms with E-state index in [9.17, 15) is 4.79 Å². The topological polar surface area (TPSA) is 58.4 Å². The van der Waals surface area contributed by atoms with Crippen LogP contribution in [0.15, 0.2) is 0 Å². The Bertz CT molecular complexity index is 166. The van der Waals surface area contributed by atoms with Crippen molar-refractivity contribution < 1.29 is 4.79 Å². The smallest absolute Gasteiger partial charge is 0.314 e. The molecule has 13 heavy (non-hydrogen) atoms. The second-order valence-electron chi connectivity index (χ2n) is 3.76. The number of amides is 2. The standard InChI is InChI=1S/C9H19N3O/c1-12(9(10)13)6-4-8-3-2-5-11-7-8/h8,11H,2-7H2,1H3,(H2,10,13). The van der Waals surface area contributed by atoms with E-state index < -0.39 is 0 Å². The van der Waals surface area contributed by atoms with Crippen LogP contribution in [0.3, 0.4) is 0 Å². The molecule has 0 spiro atoms. The Morgan fingerprint density at radius 2 is 2.46 bits per heavy atom. The molecule has 1 aliphatic heterocycles. The lowest BCUT2D eigenvalue weighted by Crippen LogP contribution is -2.36. The van der Waals surface area contributed by atoms with Gasteiger partial charge in [-0.25, -0.2) is 4.79 Å². The SMILES string of the molecule is CN(CCC1CCCNC1)C(N)=O. The highest BCUT2D eigenvalue weighted by atomic mass is 16.2. The van der Waals surface area contributed by atoms with Gasteiger partial charge in [-0.15, -0.1) is 0 Å². The number of piperidine rings is 1. The van der Waals surface area contributed by atoms with Crippen molar-refractivity contribution in [1.29, 1.82) is 0 Å². The van der Waals surface area contributed by atoms with Crippen LogP contribution in [0.1, 0.15) is 19.3 Å². The summed E-state index contributed by atoms with van der Waals surface area (Å²) in [6, 6.07) is -0.330. The molecule has 4 nitrogen and oxygen atoms in total. The second kappa shape index (κ2) is 5.07. The molecule has 0 radical (unpaired) electrons. The summed E-state index contributed by atoms with van der Waals surface area (Å²) in [6.45, 7) is 3.01. The Labute approximate surface area is 79.5 Å². The van der Waals surface area contributed by atoms with Gasteiger partial charge in [0.1, 0.15) is 0 Å². The van der Waals surface area contributed by atoms with Gasteiger partial charge >= 0.3 is 6.03 Å². The molecule has 3 N–H and O–H groups in total. The van der Waals surface area contributed by atoms with Gasteiger partial charge in [-0.05, 0) is 38.3 Å². The molecule has 0 aromatic heterocycles. The quantitative estimate of drug-likeness (QED) is 0.668. The average Bonchev–Trinajstić information content (AvgIpc) is 2.15. The summed E-state index contributed by atoms with van der Waals surface area (Å²) < 4.78 is 0. The van der Waals surface area contributed by atoms with Gasteiger partial charge in [-0.2, -0.15) is 0 Å². The predicted molar refractivity (Wildman–Crippen MR) is 52.4 cm³/mol. The van der Waals surface area contributed by atoms with Crippen LogP contribution in [0, 0.1) is 5.92 Å². The molecular formula is C9H19N3O. The number of rotatable bonds is 3. The van der Waals surface area contributed by atoms with E-state index in [0.717, 1.165) is 32.0 Å². The van der Waals surface area contributed by atoms with E-state index in [2.05, 4.69) is 5.32 Å². The lowest BCUT2D eigenvalue weighted by molar-refractivity contribution is 0.212. The normalized spacial score (nSPS) is 22.7. The van der Waals surface area contributed by atoms with Crippen molar-refractivity contribution in [2.24, 2.45) is 11.7 Å². The highest BCUT2D eigenvalue weighted by molar-refractivity contribution is 5.71. The van der Waals surface area contributed by atoms with Crippen LogP contribution in [0.4, 0.5) is 4.79 Å². The molecule has 0 saturated carbocycles. The van der Waals surface area contributed by atoms with E-state index in [1.165, 1.54) is 12.8 Å². The molecule has 1 saturated heterocycles.